The lowest BCUT2D eigenvalue weighted by Crippen LogP contribution is -2.43. The van der Waals surface area contributed by atoms with E-state index in [-0.39, 0.29) is 6.61 Å². The van der Waals surface area contributed by atoms with Gasteiger partial charge in [0.1, 0.15) is 18.4 Å². The van der Waals surface area contributed by atoms with E-state index in [4.69, 9.17) is 10.5 Å². The van der Waals surface area contributed by atoms with E-state index in [1.165, 1.54) is 18.4 Å². The van der Waals surface area contributed by atoms with Gasteiger partial charge in [-0.15, -0.1) is 0 Å². The Bertz CT molecular complexity index is 363. The maximum absolute atomic E-state index is 11.0. The van der Waals surface area contributed by atoms with Gasteiger partial charge in [0.05, 0.1) is 0 Å². The number of benzene rings is 1. The minimum atomic E-state index is -0.454. The zero-order valence-electron chi connectivity index (χ0n) is 11.1. The summed E-state index contributed by atoms with van der Waals surface area (Å²) in [5, 5.41) is 2.81. The smallest absolute Gasteiger partial charge is 0.238 e. The van der Waals surface area contributed by atoms with Crippen molar-refractivity contribution in [2.24, 2.45) is 5.73 Å². The van der Waals surface area contributed by atoms with Gasteiger partial charge in [0.25, 0.3) is 0 Å². The highest BCUT2D eigenvalue weighted by Gasteiger charge is 2.12. The Labute approximate surface area is 109 Å². The Hall–Kier alpha value is -1.55. The first kappa shape index (κ1) is 14.5. The quantitative estimate of drug-likeness (QED) is 0.734. The molecular formula is C14H22N2O2. The largest absolute Gasteiger partial charge is 0.491 e. The molecule has 1 aromatic rings. The second-order valence-corrected chi connectivity index (χ2v) is 4.30. The van der Waals surface area contributed by atoms with Crippen LogP contribution in [0, 0.1) is 0 Å². The highest BCUT2D eigenvalue weighted by atomic mass is 16.5. The van der Waals surface area contributed by atoms with Crippen LogP contribution in [0.3, 0.4) is 0 Å². The van der Waals surface area contributed by atoms with Crippen molar-refractivity contribution in [1.82, 2.24) is 5.32 Å². The predicted octanol–water partition coefficient (Wildman–Crippen LogP) is 1.48. The van der Waals surface area contributed by atoms with Gasteiger partial charge in [0.2, 0.25) is 5.91 Å². The summed E-state index contributed by atoms with van der Waals surface area (Å²) in [6, 6.07) is 7.52. The summed E-state index contributed by atoms with van der Waals surface area (Å²) >= 11 is 0. The van der Waals surface area contributed by atoms with Crippen molar-refractivity contribution in [2.75, 3.05) is 13.7 Å². The Kier molecular flexibility index (Phi) is 6.22. The number of primary amides is 1. The first-order valence-electron chi connectivity index (χ1n) is 6.35. The fourth-order valence-electron chi connectivity index (χ4n) is 1.62. The number of hydrogen-bond acceptors (Lipinski definition) is 3. The zero-order valence-corrected chi connectivity index (χ0v) is 11.1. The number of ether oxygens (including phenoxy) is 1. The summed E-state index contributed by atoms with van der Waals surface area (Å²) in [4.78, 5) is 11.0. The van der Waals surface area contributed by atoms with Crippen molar-refractivity contribution in [3.05, 3.63) is 29.8 Å². The molecule has 0 aliphatic rings. The minimum absolute atomic E-state index is 0.250. The van der Waals surface area contributed by atoms with Gasteiger partial charge >= 0.3 is 0 Å². The van der Waals surface area contributed by atoms with E-state index in [9.17, 15) is 4.79 Å². The lowest BCUT2D eigenvalue weighted by atomic mass is 10.1. The van der Waals surface area contributed by atoms with Crippen molar-refractivity contribution in [3.8, 4) is 5.75 Å². The molecule has 4 nitrogen and oxygen atoms in total. The van der Waals surface area contributed by atoms with Crippen molar-refractivity contribution < 1.29 is 9.53 Å². The number of nitrogens with two attached hydrogens (primary N) is 1. The van der Waals surface area contributed by atoms with Crippen LogP contribution in [0.4, 0.5) is 0 Å². The van der Waals surface area contributed by atoms with E-state index in [1.54, 1.807) is 7.05 Å². The van der Waals surface area contributed by atoms with Gasteiger partial charge in [-0.05, 0) is 37.6 Å². The summed E-state index contributed by atoms with van der Waals surface area (Å²) in [6.07, 6.45) is 3.49. The van der Waals surface area contributed by atoms with E-state index >= 15 is 0 Å². The number of unbranched alkanes of at least 4 members (excludes halogenated alkanes) is 1. The van der Waals surface area contributed by atoms with Crippen molar-refractivity contribution >= 4 is 5.91 Å². The minimum Gasteiger partial charge on any atom is -0.491 e. The lowest BCUT2D eigenvalue weighted by Gasteiger charge is -2.13. The van der Waals surface area contributed by atoms with Gasteiger partial charge < -0.3 is 15.8 Å². The Balaban J connectivity index is 2.45. The van der Waals surface area contributed by atoms with Crippen LogP contribution in [0.1, 0.15) is 25.3 Å². The molecule has 1 aromatic carbocycles. The number of amides is 1. The normalized spacial score (nSPS) is 12.1. The number of carbonyl (C=O) groups is 1. The molecule has 1 atom stereocenters. The van der Waals surface area contributed by atoms with E-state index < -0.39 is 11.9 Å². The molecule has 1 rings (SSSR count). The molecular weight excluding hydrogens is 228 g/mol. The summed E-state index contributed by atoms with van der Waals surface area (Å²) in [6.45, 7) is 2.43. The van der Waals surface area contributed by atoms with Gasteiger partial charge in [-0.1, -0.05) is 25.5 Å². The van der Waals surface area contributed by atoms with Gasteiger partial charge in [0, 0.05) is 0 Å². The standard InChI is InChI=1S/C14H22N2O2/c1-3-4-5-11-6-8-12(9-7-11)18-10-13(16-2)14(15)17/h6-9,13,16H,3-5,10H2,1-2H3,(H2,15,17). The van der Waals surface area contributed by atoms with Gasteiger partial charge in [-0.2, -0.15) is 0 Å². The molecule has 0 bridgehead atoms. The highest BCUT2D eigenvalue weighted by molar-refractivity contribution is 5.79. The molecule has 100 valence electrons. The molecule has 0 spiro atoms. The second-order valence-electron chi connectivity index (χ2n) is 4.30. The van der Waals surface area contributed by atoms with Crippen LogP contribution in [0.15, 0.2) is 24.3 Å². The van der Waals surface area contributed by atoms with Crippen LogP contribution in [-0.4, -0.2) is 25.6 Å². The maximum atomic E-state index is 11.0. The topological polar surface area (TPSA) is 64.3 Å². The highest BCUT2D eigenvalue weighted by Crippen LogP contribution is 2.14. The monoisotopic (exact) mass is 250 g/mol. The summed E-state index contributed by atoms with van der Waals surface area (Å²) in [7, 11) is 1.69. The zero-order chi connectivity index (χ0) is 13.4. The van der Waals surface area contributed by atoms with Crippen LogP contribution >= 0.6 is 0 Å². The average Bonchev–Trinajstić information content (AvgIpc) is 2.38. The molecule has 1 amide bonds. The second kappa shape index (κ2) is 7.71. The third-order valence-electron chi connectivity index (χ3n) is 2.85. The number of likely N-dealkylation sites (N-methyl/N-ethyl adjacent to an activating group) is 1. The average molecular weight is 250 g/mol. The van der Waals surface area contributed by atoms with Gasteiger partial charge in [0.15, 0.2) is 0 Å². The van der Waals surface area contributed by atoms with Crippen LogP contribution in [-0.2, 0) is 11.2 Å². The Morgan fingerprint density at radius 2 is 2.06 bits per heavy atom. The van der Waals surface area contributed by atoms with Crippen molar-refractivity contribution in [1.29, 1.82) is 0 Å². The third kappa shape index (κ3) is 4.75. The predicted molar refractivity (Wildman–Crippen MR) is 72.6 cm³/mol. The molecule has 0 aliphatic carbocycles. The first-order chi connectivity index (χ1) is 8.67. The van der Waals surface area contributed by atoms with Gasteiger partial charge in [-0.3, -0.25) is 4.79 Å². The Morgan fingerprint density at radius 1 is 1.39 bits per heavy atom. The molecule has 0 fully saturated rings. The fourth-order valence-corrected chi connectivity index (χ4v) is 1.62. The Morgan fingerprint density at radius 3 is 2.56 bits per heavy atom. The van der Waals surface area contributed by atoms with E-state index in [2.05, 4.69) is 24.4 Å². The van der Waals surface area contributed by atoms with Crippen LogP contribution < -0.4 is 15.8 Å². The maximum Gasteiger partial charge on any atom is 0.238 e. The molecule has 0 aliphatic heterocycles. The number of carbonyl (C=O) groups excluding carboxylic acids is 1. The summed E-state index contributed by atoms with van der Waals surface area (Å²) < 4.78 is 5.52. The summed E-state index contributed by atoms with van der Waals surface area (Å²) in [5.41, 5.74) is 6.52. The number of aryl methyl sites for hydroxylation is 1. The van der Waals surface area contributed by atoms with Crippen molar-refractivity contribution in [2.45, 2.75) is 32.2 Å². The summed E-state index contributed by atoms with van der Waals surface area (Å²) in [5.74, 6) is 0.355. The molecule has 0 radical (unpaired) electrons. The molecule has 0 heterocycles. The number of rotatable bonds is 8. The molecule has 18 heavy (non-hydrogen) atoms. The van der Waals surface area contributed by atoms with Crippen LogP contribution in [0.2, 0.25) is 0 Å². The molecule has 0 aromatic heterocycles. The number of hydrogen-bond donors (Lipinski definition) is 2. The lowest BCUT2D eigenvalue weighted by molar-refractivity contribution is -0.120. The van der Waals surface area contributed by atoms with Crippen LogP contribution in [0.5, 0.6) is 5.75 Å². The van der Waals surface area contributed by atoms with Gasteiger partial charge in [-0.25, -0.2) is 0 Å². The number of nitrogens with one attached hydrogen (secondary N) is 1. The molecule has 0 saturated carbocycles. The SMILES string of the molecule is CCCCc1ccc(OCC(NC)C(N)=O)cc1. The molecule has 0 saturated heterocycles. The molecule has 1 unspecified atom stereocenters. The molecule has 4 heteroatoms. The molecule has 3 N–H and O–H groups in total. The van der Waals surface area contributed by atoms with E-state index in [0.717, 1.165) is 12.2 Å². The van der Waals surface area contributed by atoms with Crippen molar-refractivity contribution in [3.63, 3.8) is 0 Å². The first-order valence-corrected chi connectivity index (χ1v) is 6.35. The fraction of sp³-hybridized carbons (Fsp3) is 0.500. The van der Waals surface area contributed by atoms with Crippen LogP contribution in [0.25, 0.3) is 0 Å². The third-order valence-corrected chi connectivity index (χ3v) is 2.85. The van der Waals surface area contributed by atoms with E-state index in [0.29, 0.717) is 0 Å². The van der Waals surface area contributed by atoms with E-state index in [1.807, 2.05) is 12.1 Å².